The summed E-state index contributed by atoms with van der Waals surface area (Å²) in [5.41, 5.74) is 0.548. The van der Waals surface area contributed by atoms with Crippen LogP contribution in [0.3, 0.4) is 0 Å². The SMILES string of the molecule is C=CCNC(=O)c1cc2cc(N(CC)S(=O)(=O)c3ccc(OC)cc3)ccc2s1. The molecule has 6 nitrogen and oxygen atoms in total. The molecule has 0 spiro atoms. The van der Waals surface area contributed by atoms with Crippen LogP contribution >= 0.6 is 11.3 Å². The highest BCUT2D eigenvalue weighted by Gasteiger charge is 2.24. The van der Waals surface area contributed by atoms with Crippen LogP contribution in [0.5, 0.6) is 5.75 Å². The van der Waals surface area contributed by atoms with Gasteiger partial charge in [-0.05, 0) is 60.8 Å². The summed E-state index contributed by atoms with van der Waals surface area (Å²) in [5.74, 6) is 0.416. The summed E-state index contributed by atoms with van der Waals surface area (Å²) in [7, 11) is -2.20. The lowest BCUT2D eigenvalue weighted by Gasteiger charge is -2.23. The van der Waals surface area contributed by atoms with Crippen molar-refractivity contribution in [2.75, 3.05) is 24.5 Å². The van der Waals surface area contributed by atoms with Crippen molar-refractivity contribution in [1.82, 2.24) is 5.32 Å². The van der Waals surface area contributed by atoms with Crippen LogP contribution in [0.25, 0.3) is 10.1 Å². The van der Waals surface area contributed by atoms with E-state index in [-0.39, 0.29) is 17.3 Å². The summed E-state index contributed by atoms with van der Waals surface area (Å²) in [6, 6.07) is 13.5. The van der Waals surface area contributed by atoms with Crippen molar-refractivity contribution < 1.29 is 17.9 Å². The van der Waals surface area contributed by atoms with E-state index in [0.29, 0.717) is 22.9 Å². The molecule has 2 aromatic carbocycles. The third-order valence-electron chi connectivity index (χ3n) is 4.35. The Morgan fingerprint density at radius 3 is 2.55 bits per heavy atom. The van der Waals surface area contributed by atoms with E-state index in [9.17, 15) is 13.2 Å². The number of carbonyl (C=O) groups excluding carboxylic acids is 1. The van der Waals surface area contributed by atoms with Gasteiger partial charge in [-0.25, -0.2) is 8.42 Å². The van der Waals surface area contributed by atoms with Crippen LogP contribution in [-0.2, 0) is 10.0 Å². The number of anilines is 1. The van der Waals surface area contributed by atoms with E-state index >= 15 is 0 Å². The largest absolute Gasteiger partial charge is 0.497 e. The molecule has 0 aliphatic rings. The maximum absolute atomic E-state index is 13.1. The molecule has 0 bridgehead atoms. The molecule has 1 aromatic heterocycles. The molecule has 0 atom stereocenters. The Bertz CT molecular complexity index is 1140. The minimum Gasteiger partial charge on any atom is -0.497 e. The molecule has 0 aliphatic carbocycles. The van der Waals surface area contributed by atoms with Gasteiger partial charge in [0, 0.05) is 17.8 Å². The Balaban J connectivity index is 1.95. The quantitative estimate of drug-likeness (QED) is 0.547. The molecule has 0 fully saturated rings. The number of hydrogen-bond acceptors (Lipinski definition) is 5. The summed E-state index contributed by atoms with van der Waals surface area (Å²) < 4.78 is 33.7. The summed E-state index contributed by atoms with van der Waals surface area (Å²) in [4.78, 5) is 12.9. The normalized spacial score (nSPS) is 11.2. The van der Waals surface area contributed by atoms with Crippen molar-refractivity contribution in [1.29, 1.82) is 0 Å². The number of ether oxygens (including phenoxy) is 1. The van der Waals surface area contributed by atoms with Crippen LogP contribution in [0.15, 0.2) is 66.1 Å². The van der Waals surface area contributed by atoms with Crippen LogP contribution in [0.2, 0.25) is 0 Å². The van der Waals surface area contributed by atoms with Crippen molar-refractivity contribution in [2.24, 2.45) is 0 Å². The number of nitrogens with one attached hydrogen (secondary N) is 1. The predicted octanol–water partition coefficient (Wildman–Crippen LogP) is 4.04. The van der Waals surface area contributed by atoms with E-state index in [0.717, 1.165) is 10.1 Å². The highest BCUT2D eigenvalue weighted by atomic mass is 32.2. The van der Waals surface area contributed by atoms with Crippen molar-refractivity contribution in [3.8, 4) is 5.75 Å². The number of sulfonamides is 1. The molecule has 0 saturated carbocycles. The zero-order valence-corrected chi connectivity index (χ0v) is 17.8. The smallest absolute Gasteiger partial charge is 0.264 e. The lowest BCUT2D eigenvalue weighted by Crippen LogP contribution is -2.30. The van der Waals surface area contributed by atoms with Gasteiger partial charge in [0.1, 0.15) is 5.75 Å². The van der Waals surface area contributed by atoms with Crippen LogP contribution in [0.1, 0.15) is 16.6 Å². The molecule has 3 rings (SSSR count). The van der Waals surface area contributed by atoms with E-state index in [1.165, 1.54) is 34.9 Å². The predicted molar refractivity (Wildman–Crippen MR) is 118 cm³/mol. The second kappa shape index (κ2) is 8.67. The number of nitrogens with zero attached hydrogens (tertiary/aromatic N) is 1. The van der Waals surface area contributed by atoms with E-state index < -0.39 is 10.0 Å². The van der Waals surface area contributed by atoms with Crippen molar-refractivity contribution in [2.45, 2.75) is 11.8 Å². The fourth-order valence-electron chi connectivity index (χ4n) is 2.92. The number of rotatable bonds is 8. The van der Waals surface area contributed by atoms with Gasteiger partial charge in [0.25, 0.3) is 15.9 Å². The van der Waals surface area contributed by atoms with Crippen LogP contribution in [0.4, 0.5) is 5.69 Å². The molecule has 29 heavy (non-hydrogen) atoms. The molecule has 8 heteroatoms. The zero-order valence-electron chi connectivity index (χ0n) is 16.2. The Kier molecular flexibility index (Phi) is 6.24. The first-order valence-electron chi connectivity index (χ1n) is 9.00. The fourth-order valence-corrected chi connectivity index (χ4v) is 5.34. The second-order valence-electron chi connectivity index (χ2n) is 6.18. The first-order chi connectivity index (χ1) is 13.9. The van der Waals surface area contributed by atoms with Gasteiger partial charge in [0.05, 0.1) is 22.6 Å². The van der Waals surface area contributed by atoms with Crippen molar-refractivity contribution in [3.63, 3.8) is 0 Å². The highest BCUT2D eigenvalue weighted by Crippen LogP contribution is 2.32. The van der Waals surface area contributed by atoms with Gasteiger partial charge in [0.2, 0.25) is 0 Å². The molecule has 0 saturated heterocycles. The third kappa shape index (κ3) is 4.28. The number of hydrogen-bond donors (Lipinski definition) is 1. The topological polar surface area (TPSA) is 75.7 Å². The molecular weight excluding hydrogens is 408 g/mol. The molecule has 1 heterocycles. The molecule has 0 radical (unpaired) electrons. The lowest BCUT2D eigenvalue weighted by molar-refractivity contribution is 0.0962. The van der Waals surface area contributed by atoms with Crippen molar-refractivity contribution in [3.05, 3.63) is 66.1 Å². The molecule has 3 aromatic rings. The van der Waals surface area contributed by atoms with Gasteiger partial charge in [-0.3, -0.25) is 9.10 Å². The Labute approximate surface area is 174 Å². The Hall–Kier alpha value is -2.84. The third-order valence-corrected chi connectivity index (χ3v) is 7.39. The number of amides is 1. The average Bonchev–Trinajstić information content (AvgIpc) is 3.16. The van der Waals surface area contributed by atoms with Crippen LogP contribution < -0.4 is 14.4 Å². The summed E-state index contributed by atoms with van der Waals surface area (Å²) >= 11 is 1.36. The van der Waals surface area contributed by atoms with Gasteiger partial charge in [-0.1, -0.05) is 6.08 Å². The maximum atomic E-state index is 13.1. The standard InChI is InChI=1S/C21H22N2O4S2/c1-4-12-22-21(24)20-14-15-13-16(6-11-19(15)28-20)23(5-2)29(25,26)18-9-7-17(27-3)8-10-18/h4,6-11,13-14H,1,5,12H2,2-3H3,(H,22,24). The number of thiophene rings is 1. The van der Waals surface area contributed by atoms with Gasteiger partial charge >= 0.3 is 0 Å². The number of carbonyl (C=O) groups is 1. The van der Waals surface area contributed by atoms with Gasteiger partial charge in [0.15, 0.2) is 0 Å². The molecule has 1 N–H and O–H groups in total. The number of fused-ring (bicyclic) bond motifs is 1. The van der Waals surface area contributed by atoms with E-state index in [1.807, 2.05) is 6.07 Å². The van der Waals surface area contributed by atoms with E-state index in [4.69, 9.17) is 4.74 Å². The number of benzene rings is 2. The zero-order chi connectivity index (χ0) is 21.0. The number of methoxy groups -OCH3 is 1. The Morgan fingerprint density at radius 1 is 1.21 bits per heavy atom. The summed E-state index contributed by atoms with van der Waals surface area (Å²) in [6.45, 7) is 6.04. The van der Waals surface area contributed by atoms with Gasteiger partial charge in [-0.15, -0.1) is 17.9 Å². The molecule has 0 unspecified atom stereocenters. The lowest BCUT2D eigenvalue weighted by atomic mass is 10.2. The highest BCUT2D eigenvalue weighted by molar-refractivity contribution is 7.92. The maximum Gasteiger partial charge on any atom is 0.264 e. The molecular formula is C21H22N2O4S2. The first-order valence-corrected chi connectivity index (χ1v) is 11.3. The minimum absolute atomic E-state index is 0.175. The Morgan fingerprint density at radius 2 is 1.93 bits per heavy atom. The monoisotopic (exact) mass is 430 g/mol. The van der Waals surface area contributed by atoms with Crippen LogP contribution in [-0.4, -0.2) is 34.5 Å². The average molecular weight is 431 g/mol. The second-order valence-corrected chi connectivity index (χ2v) is 9.12. The summed E-state index contributed by atoms with van der Waals surface area (Å²) in [5, 5.41) is 3.57. The summed E-state index contributed by atoms with van der Waals surface area (Å²) in [6.07, 6.45) is 1.62. The minimum atomic E-state index is -3.73. The molecule has 152 valence electrons. The van der Waals surface area contributed by atoms with Crippen LogP contribution in [0, 0.1) is 0 Å². The van der Waals surface area contributed by atoms with E-state index in [2.05, 4.69) is 11.9 Å². The van der Waals surface area contributed by atoms with Gasteiger partial charge in [-0.2, -0.15) is 0 Å². The van der Waals surface area contributed by atoms with Gasteiger partial charge < -0.3 is 10.1 Å². The van der Waals surface area contributed by atoms with E-state index in [1.54, 1.807) is 43.3 Å². The first kappa shape index (κ1) is 20.9. The molecule has 0 aliphatic heterocycles. The fraction of sp³-hybridized carbons (Fsp3) is 0.190. The van der Waals surface area contributed by atoms with Crippen molar-refractivity contribution >= 4 is 43.0 Å². The molecule has 1 amide bonds.